The van der Waals surface area contributed by atoms with Crippen LogP contribution in [0.1, 0.15) is 52.4 Å². The van der Waals surface area contributed by atoms with E-state index in [-0.39, 0.29) is 18.9 Å². The first-order valence-corrected chi connectivity index (χ1v) is 9.87. The Hall–Kier alpha value is -1.62. The first-order chi connectivity index (χ1) is 12.7. The van der Waals surface area contributed by atoms with E-state index in [1.807, 2.05) is 25.2 Å². The van der Waals surface area contributed by atoms with E-state index in [2.05, 4.69) is 30.3 Å². The molecule has 2 rings (SSSR count). The van der Waals surface area contributed by atoms with Crippen molar-refractivity contribution in [3.63, 3.8) is 0 Å². The van der Waals surface area contributed by atoms with Crippen LogP contribution < -0.4 is 5.32 Å². The van der Waals surface area contributed by atoms with Crippen molar-refractivity contribution in [2.75, 3.05) is 7.11 Å². The molecule has 0 aromatic rings. The summed E-state index contributed by atoms with van der Waals surface area (Å²) in [4.78, 5) is 2.20. The average molecular weight is 381 g/mol. The lowest BCUT2D eigenvalue weighted by Gasteiger charge is -2.42. The molecular weight excluding hydrogens is 346 g/mol. The van der Waals surface area contributed by atoms with E-state index in [1.54, 1.807) is 13.4 Å². The molecule has 0 aromatic heterocycles. The zero-order valence-corrected chi connectivity index (χ0v) is 16.9. The number of ether oxygens (including phenoxy) is 1. The highest BCUT2D eigenvalue weighted by atomic mass is 19.3. The van der Waals surface area contributed by atoms with Gasteiger partial charge in [0.15, 0.2) is 0 Å². The normalized spacial score (nSPS) is 26.7. The van der Waals surface area contributed by atoms with E-state index >= 15 is 0 Å². The Morgan fingerprint density at radius 2 is 1.78 bits per heavy atom. The monoisotopic (exact) mass is 380 g/mol. The quantitative estimate of drug-likeness (QED) is 0.429. The van der Waals surface area contributed by atoms with Crippen LogP contribution in [0.5, 0.6) is 0 Å². The van der Waals surface area contributed by atoms with Gasteiger partial charge in [0.2, 0.25) is 0 Å². The lowest BCUT2D eigenvalue weighted by atomic mass is 9.79. The molecular formula is C22H34F2N2O. The third-order valence-electron chi connectivity index (χ3n) is 5.76. The van der Waals surface area contributed by atoms with Gasteiger partial charge in [-0.05, 0) is 57.6 Å². The Labute approximate surface area is 162 Å². The molecule has 0 radical (unpaired) electrons. The number of methoxy groups -OCH3 is 1. The molecule has 0 aliphatic heterocycles. The summed E-state index contributed by atoms with van der Waals surface area (Å²) >= 11 is 0. The summed E-state index contributed by atoms with van der Waals surface area (Å²) in [5, 5.41) is 3.43. The molecule has 0 unspecified atom stereocenters. The van der Waals surface area contributed by atoms with Crippen LogP contribution in [0.2, 0.25) is 0 Å². The van der Waals surface area contributed by atoms with E-state index in [0.29, 0.717) is 18.0 Å². The summed E-state index contributed by atoms with van der Waals surface area (Å²) in [6, 6.07) is 0.672. The van der Waals surface area contributed by atoms with Crippen molar-refractivity contribution in [2.24, 2.45) is 5.92 Å². The van der Waals surface area contributed by atoms with Crippen LogP contribution in [-0.2, 0) is 4.74 Å². The molecule has 27 heavy (non-hydrogen) atoms. The molecule has 0 heterocycles. The van der Waals surface area contributed by atoms with Crippen LogP contribution in [0.4, 0.5) is 8.78 Å². The Morgan fingerprint density at radius 1 is 1.15 bits per heavy atom. The van der Waals surface area contributed by atoms with Crippen molar-refractivity contribution in [1.82, 2.24) is 10.2 Å². The standard InChI is InChI=1S/C22H34F2N2O/c1-16(2)26(17(3)8-6-7-13-27-5)18(4)19-9-11-20(12-10-19)25-21-14-22(23,24)15-21/h6-8,13,18-21,25H,1,3,9-12,14-15H2,2,4-5H3/b8-6-,13-7-/t18-,19?,20?/m1/s1. The van der Waals surface area contributed by atoms with Crippen molar-refractivity contribution < 1.29 is 13.5 Å². The second-order valence-corrected chi connectivity index (χ2v) is 8.00. The molecule has 2 saturated carbocycles. The van der Waals surface area contributed by atoms with Crippen LogP contribution in [0.15, 0.2) is 49.0 Å². The molecule has 0 bridgehead atoms. The van der Waals surface area contributed by atoms with Crippen LogP contribution in [0, 0.1) is 5.92 Å². The molecule has 0 saturated heterocycles. The highest BCUT2D eigenvalue weighted by Gasteiger charge is 2.46. The van der Waals surface area contributed by atoms with Gasteiger partial charge in [0.05, 0.1) is 13.4 Å². The molecule has 1 N–H and O–H groups in total. The Kier molecular flexibility index (Phi) is 7.66. The summed E-state index contributed by atoms with van der Waals surface area (Å²) < 4.78 is 30.9. The summed E-state index contributed by atoms with van der Waals surface area (Å²) in [5.41, 5.74) is 1.89. The number of allylic oxidation sites excluding steroid dienone is 4. The molecule has 0 spiro atoms. The average Bonchev–Trinajstić information content (AvgIpc) is 2.57. The summed E-state index contributed by atoms with van der Waals surface area (Å²) in [7, 11) is 1.61. The number of nitrogens with zero attached hydrogens (tertiary/aromatic N) is 1. The maximum Gasteiger partial charge on any atom is 0.251 e. The third kappa shape index (κ3) is 6.20. The van der Waals surface area contributed by atoms with E-state index in [0.717, 1.165) is 37.1 Å². The fraction of sp³-hybridized carbons (Fsp3) is 0.636. The van der Waals surface area contributed by atoms with Crippen LogP contribution in [-0.4, -0.2) is 36.1 Å². The summed E-state index contributed by atoms with van der Waals surface area (Å²) in [5.74, 6) is -1.90. The van der Waals surface area contributed by atoms with Gasteiger partial charge in [-0.15, -0.1) is 0 Å². The predicted molar refractivity (Wildman–Crippen MR) is 107 cm³/mol. The fourth-order valence-electron chi connectivity index (χ4n) is 4.32. The summed E-state index contributed by atoms with van der Waals surface area (Å²) in [6.07, 6.45) is 11.6. The lowest BCUT2D eigenvalue weighted by molar-refractivity contribution is -0.0957. The number of hydrogen-bond donors (Lipinski definition) is 1. The zero-order valence-electron chi connectivity index (χ0n) is 16.9. The Balaban J connectivity index is 1.85. The van der Waals surface area contributed by atoms with Crippen molar-refractivity contribution in [2.45, 2.75) is 76.4 Å². The van der Waals surface area contributed by atoms with Gasteiger partial charge in [-0.25, -0.2) is 8.78 Å². The maximum absolute atomic E-state index is 13.0. The topological polar surface area (TPSA) is 24.5 Å². The molecule has 0 amide bonds. The van der Waals surface area contributed by atoms with Crippen molar-refractivity contribution in [1.29, 1.82) is 0 Å². The molecule has 2 aliphatic carbocycles. The number of rotatable bonds is 9. The molecule has 0 aromatic carbocycles. The second-order valence-electron chi connectivity index (χ2n) is 8.00. The number of nitrogens with one attached hydrogen (secondary N) is 1. The number of alkyl halides is 2. The molecule has 1 atom stereocenters. The Bertz CT molecular complexity index is 569. The smallest absolute Gasteiger partial charge is 0.251 e. The van der Waals surface area contributed by atoms with Gasteiger partial charge in [-0.2, -0.15) is 0 Å². The van der Waals surface area contributed by atoms with Gasteiger partial charge < -0.3 is 15.0 Å². The fourth-order valence-corrected chi connectivity index (χ4v) is 4.32. The van der Waals surface area contributed by atoms with Gasteiger partial charge in [-0.3, -0.25) is 0 Å². The van der Waals surface area contributed by atoms with E-state index in [9.17, 15) is 8.78 Å². The molecule has 2 aliphatic rings. The molecule has 5 heteroatoms. The van der Waals surface area contributed by atoms with Crippen molar-refractivity contribution in [3.8, 4) is 0 Å². The van der Waals surface area contributed by atoms with Gasteiger partial charge in [-0.1, -0.05) is 19.2 Å². The SMILES string of the molecule is C=C(C)N(C(=C)/C=C\C=C/OC)[C@H](C)C1CCC(NC2CC(F)(F)C2)CC1. The van der Waals surface area contributed by atoms with E-state index < -0.39 is 5.92 Å². The van der Waals surface area contributed by atoms with Gasteiger partial charge >= 0.3 is 0 Å². The minimum Gasteiger partial charge on any atom is -0.504 e. The molecule has 152 valence electrons. The molecule has 2 fully saturated rings. The highest BCUT2D eigenvalue weighted by Crippen LogP contribution is 2.39. The van der Waals surface area contributed by atoms with Crippen molar-refractivity contribution in [3.05, 3.63) is 49.0 Å². The van der Waals surface area contributed by atoms with Crippen LogP contribution in [0.3, 0.4) is 0 Å². The summed E-state index contributed by atoms with van der Waals surface area (Å²) in [6.45, 7) is 12.6. The van der Waals surface area contributed by atoms with Gasteiger partial charge in [0, 0.05) is 42.4 Å². The number of halogens is 2. The second kappa shape index (κ2) is 9.54. The largest absolute Gasteiger partial charge is 0.504 e. The predicted octanol–water partition coefficient (Wildman–Crippen LogP) is 5.39. The van der Waals surface area contributed by atoms with Gasteiger partial charge in [0.1, 0.15) is 0 Å². The van der Waals surface area contributed by atoms with Crippen molar-refractivity contribution >= 4 is 0 Å². The first kappa shape index (κ1) is 21.7. The number of hydrogen-bond acceptors (Lipinski definition) is 3. The van der Waals surface area contributed by atoms with Gasteiger partial charge in [0.25, 0.3) is 5.92 Å². The van der Waals surface area contributed by atoms with Crippen LogP contribution >= 0.6 is 0 Å². The van der Waals surface area contributed by atoms with E-state index in [1.165, 1.54) is 0 Å². The van der Waals surface area contributed by atoms with Crippen LogP contribution in [0.25, 0.3) is 0 Å². The first-order valence-electron chi connectivity index (χ1n) is 9.87. The minimum absolute atomic E-state index is 0.00353. The minimum atomic E-state index is -2.45. The van der Waals surface area contributed by atoms with E-state index in [4.69, 9.17) is 4.74 Å². The highest BCUT2D eigenvalue weighted by molar-refractivity contribution is 5.22. The Morgan fingerprint density at radius 3 is 2.30 bits per heavy atom. The maximum atomic E-state index is 13.0. The lowest BCUT2D eigenvalue weighted by Crippen LogP contribution is -2.53. The third-order valence-corrected chi connectivity index (χ3v) is 5.76. The zero-order chi connectivity index (χ0) is 20.0. The molecule has 3 nitrogen and oxygen atoms in total.